The summed E-state index contributed by atoms with van der Waals surface area (Å²) in [7, 11) is 0. The fourth-order valence-corrected chi connectivity index (χ4v) is 21.1. The molecule has 0 fully saturated rings. The fourth-order valence-electron chi connectivity index (χ4n) is 21.1. The Bertz CT molecular complexity index is 10100. The lowest BCUT2D eigenvalue weighted by atomic mass is 10.2. The first-order valence-electron chi connectivity index (χ1n) is 43.3. The van der Waals surface area contributed by atoms with Crippen LogP contribution in [-0.4, -0.2) is 64.9 Å². The van der Waals surface area contributed by atoms with E-state index >= 15 is 0 Å². The summed E-state index contributed by atoms with van der Waals surface area (Å²) < 4.78 is 42.1. The molecule has 0 bridgehead atoms. The van der Waals surface area contributed by atoms with Crippen molar-refractivity contribution >= 4 is 220 Å². The van der Waals surface area contributed by atoms with E-state index in [4.69, 9.17) is 33.2 Å². The molecule has 17 nitrogen and oxygen atoms in total. The van der Waals surface area contributed by atoms with Gasteiger partial charge in [0, 0.05) is 106 Å². The Hall–Kier alpha value is -18.0. The monoisotopic (exact) mass is 1650 g/mol. The SMILES string of the molecule is c1ccc2c(c1)cc1n(-c3ccc4cc5n(-c6nccc7c6oc6ccccc67)c6ccccc6n5c4c3)c3ccccc3n21.c1ccc2c(c1)oc1c(-n3c4ccccc4n4c5cc(-n6c7ccccc7c7ccccc76)ccc5cc34)nccc12.c1ccc2c(c1)oc1nc(-n3c4ccccc4n4c5cc(-n6c7ccccc7c7ccccc76)ccc5cc34)ncc12. The number of nitrogens with zero attached hydrogens (tertiary/aromatic N) is 14. The molecular weight excluding hydrogens is 1590 g/mol. The molecule has 16 heterocycles. The first-order chi connectivity index (χ1) is 64.0. The Kier molecular flexibility index (Phi) is 14.2. The van der Waals surface area contributed by atoms with Crippen molar-refractivity contribution in [1.29, 1.82) is 0 Å². The topological polar surface area (TPSA) is 138 Å². The number of hydrogen-bond donors (Lipinski definition) is 0. The maximum absolute atomic E-state index is 6.46. The van der Waals surface area contributed by atoms with E-state index in [1.807, 2.05) is 79.3 Å². The number of rotatable bonds is 6. The first-order valence-corrected chi connectivity index (χ1v) is 43.3. The zero-order valence-electron chi connectivity index (χ0n) is 68.6. The summed E-state index contributed by atoms with van der Waals surface area (Å²) in [5.74, 6) is 2.16. The van der Waals surface area contributed by atoms with Crippen molar-refractivity contribution in [3.63, 3.8) is 0 Å². The molecule has 0 N–H and O–H groups in total. The van der Waals surface area contributed by atoms with Crippen LogP contribution in [0.1, 0.15) is 0 Å². The van der Waals surface area contributed by atoms with Crippen molar-refractivity contribution in [2.45, 2.75) is 0 Å². The van der Waals surface area contributed by atoms with Gasteiger partial charge in [0.05, 0.1) is 93.7 Å². The summed E-state index contributed by atoms with van der Waals surface area (Å²) >= 11 is 0. The minimum atomic E-state index is 0.582. The fraction of sp³-hybridized carbons (Fsp3) is 0. The van der Waals surface area contributed by atoms with Gasteiger partial charge >= 0.3 is 0 Å². The molecule has 31 aromatic rings. The van der Waals surface area contributed by atoms with Crippen LogP contribution in [0.25, 0.3) is 255 Å². The van der Waals surface area contributed by atoms with Crippen molar-refractivity contribution in [3.8, 4) is 34.6 Å². The van der Waals surface area contributed by atoms with Crippen LogP contribution in [0.15, 0.2) is 414 Å². The van der Waals surface area contributed by atoms with Gasteiger partial charge in [-0.3, -0.25) is 35.9 Å². The van der Waals surface area contributed by atoms with E-state index in [1.165, 1.54) is 70.9 Å². The first kappa shape index (κ1) is 69.6. The predicted molar refractivity (Wildman–Crippen MR) is 522 cm³/mol. The minimum Gasteiger partial charge on any atom is -0.452 e. The molecular formula is C112H66N14O3. The largest absolute Gasteiger partial charge is 0.452 e. The summed E-state index contributed by atoms with van der Waals surface area (Å²) in [5, 5.41) is 16.0. The van der Waals surface area contributed by atoms with E-state index in [2.05, 4.69) is 367 Å². The van der Waals surface area contributed by atoms with Gasteiger partial charge in [0.1, 0.15) is 39.3 Å². The molecule has 0 radical (unpaired) electrons. The molecule has 0 saturated heterocycles. The molecule has 17 heteroatoms. The van der Waals surface area contributed by atoms with E-state index in [0.717, 1.165) is 172 Å². The number of fused-ring (bicyclic) bond motifs is 35. The highest BCUT2D eigenvalue weighted by Gasteiger charge is 2.28. The Balaban J connectivity index is 0.0000000956. The van der Waals surface area contributed by atoms with Gasteiger partial charge in [-0.05, 0) is 170 Å². The second kappa shape index (κ2) is 26.3. The number of aromatic nitrogens is 14. The van der Waals surface area contributed by atoms with Crippen LogP contribution in [0.5, 0.6) is 0 Å². The highest BCUT2D eigenvalue weighted by atomic mass is 16.3. The lowest BCUT2D eigenvalue weighted by molar-refractivity contribution is 0.651. The van der Waals surface area contributed by atoms with Crippen LogP contribution in [0.2, 0.25) is 0 Å². The van der Waals surface area contributed by atoms with Crippen LogP contribution in [-0.2, 0) is 0 Å². The smallest absolute Gasteiger partial charge is 0.239 e. The molecule has 0 aliphatic carbocycles. The number of benzene rings is 15. The van der Waals surface area contributed by atoms with Crippen LogP contribution < -0.4 is 0 Å². The predicted octanol–water partition coefficient (Wildman–Crippen LogP) is 27.9. The molecule has 0 amide bonds. The zero-order valence-corrected chi connectivity index (χ0v) is 68.6. The van der Waals surface area contributed by atoms with Crippen LogP contribution in [0, 0.1) is 0 Å². The number of pyridine rings is 2. The number of furan rings is 3. The maximum atomic E-state index is 6.46. The molecule has 0 spiro atoms. The quantitative estimate of drug-likeness (QED) is 0.162. The van der Waals surface area contributed by atoms with Crippen LogP contribution in [0.4, 0.5) is 0 Å². The van der Waals surface area contributed by atoms with Crippen molar-refractivity contribution < 1.29 is 13.3 Å². The van der Waals surface area contributed by atoms with Gasteiger partial charge in [-0.25, -0.2) is 15.0 Å². The van der Waals surface area contributed by atoms with Gasteiger partial charge in [0.25, 0.3) is 0 Å². The lowest BCUT2D eigenvalue weighted by Gasteiger charge is -2.08. The van der Waals surface area contributed by atoms with E-state index in [-0.39, 0.29) is 0 Å². The average Bonchev–Trinajstić information content (AvgIpc) is 1.55. The third-order valence-electron chi connectivity index (χ3n) is 26.6. The summed E-state index contributed by atoms with van der Waals surface area (Å²) in [6.07, 6.45) is 5.64. The molecule has 31 rings (SSSR count). The van der Waals surface area contributed by atoms with E-state index < -0.39 is 0 Å². The average molecular weight is 1660 g/mol. The Morgan fingerprint density at radius 3 is 0.922 bits per heavy atom. The van der Waals surface area contributed by atoms with Crippen molar-refractivity contribution in [2.24, 2.45) is 0 Å². The van der Waals surface area contributed by atoms with Gasteiger partial charge in [0.2, 0.25) is 11.7 Å². The molecule has 602 valence electrons. The van der Waals surface area contributed by atoms with Crippen LogP contribution >= 0.6 is 0 Å². The molecule has 0 atom stereocenters. The number of hydrogen-bond acceptors (Lipinski definition) is 7. The van der Waals surface area contributed by atoms with E-state index in [9.17, 15) is 0 Å². The van der Waals surface area contributed by atoms with E-state index in [0.29, 0.717) is 11.7 Å². The van der Waals surface area contributed by atoms with Crippen molar-refractivity contribution in [3.05, 3.63) is 401 Å². The molecule has 129 heavy (non-hydrogen) atoms. The Morgan fingerprint density at radius 1 is 0.194 bits per heavy atom. The van der Waals surface area contributed by atoms with Gasteiger partial charge < -0.3 is 22.4 Å². The lowest BCUT2D eigenvalue weighted by Crippen LogP contribution is -2.00. The maximum Gasteiger partial charge on any atom is 0.239 e. The normalized spacial score (nSPS) is 12.3. The molecule has 0 unspecified atom stereocenters. The summed E-state index contributed by atoms with van der Waals surface area (Å²) in [6, 6.07) is 135. The molecule has 15 aromatic carbocycles. The molecule has 0 aliphatic rings. The Morgan fingerprint density at radius 2 is 0.496 bits per heavy atom. The molecule has 16 aromatic heterocycles. The summed E-state index contributed by atoms with van der Waals surface area (Å²) in [5.41, 5.74) is 30.6. The molecule has 0 aliphatic heterocycles. The highest BCUT2D eigenvalue weighted by Crippen LogP contribution is 2.44. The van der Waals surface area contributed by atoms with Crippen molar-refractivity contribution in [2.75, 3.05) is 0 Å². The van der Waals surface area contributed by atoms with Gasteiger partial charge in [-0.1, -0.05) is 212 Å². The summed E-state index contributed by atoms with van der Waals surface area (Å²) in [4.78, 5) is 19.6. The van der Waals surface area contributed by atoms with Gasteiger partial charge in [-0.15, -0.1) is 0 Å². The Labute approximate surface area is 728 Å². The second-order valence-corrected chi connectivity index (χ2v) is 33.4. The van der Waals surface area contributed by atoms with Crippen LogP contribution in [0.3, 0.4) is 0 Å². The second-order valence-electron chi connectivity index (χ2n) is 33.4. The van der Waals surface area contributed by atoms with Crippen molar-refractivity contribution in [1.82, 2.24) is 64.9 Å². The van der Waals surface area contributed by atoms with Gasteiger partial charge in [0.15, 0.2) is 22.8 Å². The van der Waals surface area contributed by atoms with E-state index in [1.54, 1.807) is 0 Å². The summed E-state index contributed by atoms with van der Waals surface area (Å²) in [6.45, 7) is 0. The highest BCUT2D eigenvalue weighted by molar-refractivity contribution is 6.14. The number of imidazole rings is 4. The third-order valence-corrected chi connectivity index (χ3v) is 26.6. The standard InChI is InChI=1S/C39H23N5O.C37H22N4O.C36H21N5O/c1-3-11-29-24(9-1)21-36-41(30-12-4-5-13-31(30)42(29)36)26-18-17-25-22-37-43(34(25)23-26)32-14-6-7-15-33(32)44(37)39-38-28(19-20-40-39)27-10-2-8-16-35(27)45-38;1-4-12-29-25(9-1)26-10-2-5-13-30(26)39(29)24-18-17-23-21-35-40(33(23)22-24)31-14-6-7-15-32(31)41(35)37-36-28(19-20-38-37)27-11-3-8-16-34(27)42-36;1-4-12-28-24(9-1)25-10-2-5-13-29(25)39(28)23-18-17-22-19-34-40(32(22)20-23)30-14-6-7-15-31(30)41(34)36-37-21-27-26-11-3-8-16-33(26)42-35(27)38-36/h1-23H;1-22H;1-21H. The minimum absolute atomic E-state index is 0.582. The van der Waals surface area contributed by atoms with Gasteiger partial charge in [-0.2, -0.15) is 4.98 Å². The third kappa shape index (κ3) is 9.80. The molecule has 0 saturated carbocycles. The number of para-hydroxylation sites is 16. The zero-order chi connectivity index (χ0) is 84.0.